The van der Waals surface area contributed by atoms with Gasteiger partial charge in [0.05, 0.1) is 0 Å². The first kappa shape index (κ1) is 7.61. The average Bonchev–Trinajstić information content (AvgIpc) is 2.15. The topological polar surface area (TPSA) is 29.3 Å². The van der Waals surface area contributed by atoms with E-state index in [1.54, 1.807) is 4.42 Å². The number of rotatable bonds is 1. The standard InChI is InChI=1S/C5H10Cl2N2/c6-5(4-8)2-1-3-9(5)7/h1-4,8H2. The SMILES string of the molecule is NCC1(Cl)CCCN1Cl. The number of halogens is 2. The second kappa shape index (κ2) is 2.62. The van der Waals surface area contributed by atoms with Crippen LogP contribution in [0.15, 0.2) is 0 Å². The molecule has 54 valence electrons. The molecule has 1 aliphatic heterocycles. The van der Waals surface area contributed by atoms with E-state index < -0.39 is 5.00 Å². The largest absolute Gasteiger partial charge is 0.328 e. The fourth-order valence-electron chi connectivity index (χ4n) is 1.01. The Morgan fingerprint density at radius 1 is 1.67 bits per heavy atom. The summed E-state index contributed by atoms with van der Waals surface area (Å²) in [5.74, 6) is 0. The van der Waals surface area contributed by atoms with Crippen molar-refractivity contribution in [1.82, 2.24) is 4.42 Å². The summed E-state index contributed by atoms with van der Waals surface area (Å²) in [7, 11) is 0. The van der Waals surface area contributed by atoms with Gasteiger partial charge in [-0.2, -0.15) is 4.42 Å². The maximum absolute atomic E-state index is 5.97. The van der Waals surface area contributed by atoms with Crippen molar-refractivity contribution in [3.63, 3.8) is 0 Å². The molecule has 1 unspecified atom stereocenters. The Labute approximate surface area is 65.0 Å². The van der Waals surface area contributed by atoms with Gasteiger partial charge < -0.3 is 5.73 Å². The summed E-state index contributed by atoms with van der Waals surface area (Å²) in [4.78, 5) is -0.457. The van der Waals surface area contributed by atoms with Crippen LogP contribution in [0.25, 0.3) is 0 Å². The van der Waals surface area contributed by atoms with Crippen molar-refractivity contribution >= 4 is 23.4 Å². The molecule has 0 radical (unpaired) electrons. The molecule has 9 heavy (non-hydrogen) atoms. The summed E-state index contributed by atoms with van der Waals surface area (Å²) in [5.41, 5.74) is 5.40. The molecule has 2 nitrogen and oxygen atoms in total. The van der Waals surface area contributed by atoms with Crippen molar-refractivity contribution in [2.24, 2.45) is 5.73 Å². The maximum Gasteiger partial charge on any atom is 0.122 e. The number of hydrogen-bond donors (Lipinski definition) is 1. The molecule has 0 aliphatic carbocycles. The zero-order valence-electron chi connectivity index (χ0n) is 5.11. The number of hydrogen-bond acceptors (Lipinski definition) is 2. The maximum atomic E-state index is 5.97. The lowest BCUT2D eigenvalue weighted by molar-refractivity contribution is 0.376. The fourth-order valence-corrected chi connectivity index (χ4v) is 1.50. The zero-order valence-corrected chi connectivity index (χ0v) is 6.62. The molecule has 1 aliphatic rings. The van der Waals surface area contributed by atoms with Crippen LogP contribution in [-0.2, 0) is 0 Å². The Morgan fingerprint density at radius 2 is 2.33 bits per heavy atom. The third kappa shape index (κ3) is 1.32. The number of nitrogens with two attached hydrogens (primary N) is 1. The van der Waals surface area contributed by atoms with Crippen LogP contribution in [0.4, 0.5) is 0 Å². The summed E-state index contributed by atoms with van der Waals surface area (Å²) >= 11 is 11.7. The molecule has 4 heteroatoms. The van der Waals surface area contributed by atoms with Crippen LogP contribution in [0.3, 0.4) is 0 Å². The molecule has 0 spiro atoms. The van der Waals surface area contributed by atoms with E-state index in [2.05, 4.69) is 0 Å². The van der Waals surface area contributed by atoms with Crippen LogP contribution in [0.5, 0.6) is 0 Å². The molecule has 0 aromatic rings. The van der Waals surface area contributed by atoms with Crippen molar-refractivity contribution in [2.75, 3.05) is 13.1 Å². The van der Waals surface area contributed by atoms with Crippen LogP contribution >= 0.6 is 23.4 Å². The first-order chi connectivity index (χ1) is 4.19. The molecule has 2 N–H and O–H groups in total. The fraction of sp³-hybridized carbons (Fsp3) is 1.00. The van der Waals surface area contributed by atoms with Crippen molar-refractivity contribution in [1.29, 1.82) is 0 Å². The summed E-state index contributed by atoms with van der Waals surface area (Å²) in [5, 5.41) is 0. The van der Waals surface area contributed by atoms with E-state index in [-0.39, 0.29) is 0 Å². The van der Waals surface area contributed by atoms with E-state index >= 15 is 0 Å². The second-order valence-corrected chi connectivity index (χ2v) is 3.42. The smallest absolute Gasteiger partial charge is 0.122 e. The lowest BCUT2D eigenvalue weighted by Gasteiger charge is -2.24. The molecule has 1 fully saturated rings. The van der Waals surface area contributed by atoms with Gasteiger partial charge in [0, 0.05) is 13.1 Å². The minimum Gasteiger partial charge on any atom is -0.328 e. The van der Waals surface area contributed by atoms with Gasteiger partial charge in [0.15, 0.2) is 0 Å². The molecule has 0 aromatic heterocycles. The molecular formula is C5H10Cl2N2. The highest BCUT2D eigenvalue weighted by Gasteiger charge is 2.36. The summed E-state index contributed by atoms with van der Waals surface area (Å²) in [6, 6.07) is 0. The Kier molecular flexibility index (Phi) is 2.22. The first-order valence-corrected chi connectivity index (χ1v) is 3.73. The molecule has 1 rings (SSSR count). The predicted octanol–water partition coefficient (Wildman–Crippen LogP) is 1.13. The minimum atomic E-state index is -0.457. The number of alkyl halides is 1. The minimum absolute atomic E-state index is 0.429. The van der Waals surface area contributed by atoms with E-state index in [1.165, 1.54) is 0 Å². The van der Waals surface area contributed by atoms with Crippen LogP contribution in [0.2, 0.25) is 0 Å². The van der Waals surface area contributed by atoms with Gasteiger partial charge in [-0.3, -0.25) is 0 Å². The van der Waals surface area contributed by atoms with Gasteiger partial charge in [-0.05, 0) is 24.6 Å². The Balaban J connectivity index is 2.56. The van der Waals surface area contributed by atoms with E-state index in [4.69, 9.17) is 29.1 Å². The Morgan fingerprint density at radius 3 is 2.56 bits per heavy atom. The molecule has 1 saturated heterocycles. The van der Waals surface area contributed by atoms with Crippen molar-refractivity contribution in [3.8, 4) is 0 Å². The lowest BCUT2D eigenvalue weighted by atomic mass is 10.2. The zero-order chi connectivity index (χ0) is 6.91. The third-order valence-electron chi connectivity index (χ3n) is 1.66. The normalized spacial score (nSPS) is 37.7. The summed E-state index contributed by atoms with van der Waals surface area (Å²) in [6.07, 6.45) is 1.94. The van der Waals surface area contributed by atoms with Crippen LogP contribution < -0.4 is 5.73 Å². The van der Waals surface area contributed by atoms with Gasteiger partial charge in [-0.1, -0.05) is 11.6 Å². The Bertz CT molecular complexity index is 109. The van der Waals surface area contributed by atoms with E-state index in [9.17, 15) is 0 Å². The summed E-state index contributed by atoms with van der Waals surface area (Å²) < 4.78 is 1.59. The van der Waals surface area contributed by atoms with Crippen LogP contribution in [0, 0.1) is 0 Å². The molecule has 0 bridgehead atoms. The molecule has 1 atom stereocenters. The van der Waals surface area contributed by atoms with Gasteiger partial charge >= 0.3 is 0 Å². The molecule has 0 amide bonds. The molecule has 1 heterocycles. The predicted molar refractivity (Wildman–Crippen MR) is 39.4 cm³/mol. The lowest BCUT2D eigenvalue weighted by Crippen LogP contribution is -2.39. The Hall–Kier alpha value is 0.500. The summed E-state index contributed by atoms with van der Waals surface area (Å²) in [6.45, 7) is 1.28. The van der Waals surface area contributed by atoms with Crippen molar-refractivity contribution < 1.29 is 0 Å². The van der Waals surface area contributed by atoms with Gasteiger partial charge in [-0.25, -0.2) is 0 Å². The monoisotopic (exact) mass is 168 g/mol. The van der Waals surface area contributed by atoms with Crippen LogP contribution in [-0.4, -0.2) is 22.5 Å². The number of nitrogens with zero attached hydrogens (tertiary/aromatic N) is 1. The molecular weight excluding hydrogens is 159 g/mol. The third-order valence-corrected chi connectivity index (χ3v) is 2.79. The highest BCUT2D eigenvalue weighted by molar-refractivity contribution is 6.28. The molecule has 0 saturated carbocycles. The quantitative estimate of drug-likeness (QED) is 0.362. The second-order valence-electron chi connectivity index (χ2n) is 2.31. The first-order valence-electron chi connectivity index (χ1n) is 3.01. The van der Waals surface area contributed by atoms with Gasteiger partial charge in [0.2, 0.25) is 0 Å². The average molecular weight is 169 g/mol. The highest BCUT2D eigenvalue weighted by Crippen LogP contribution is 2.33. The van der Waals surface area contributed by atoms with Crippen molar-refractivity contribution in [2.45, 2.75) is 17.8 Å². The van der Waals surface area contributed by atoms with Crippen LogP contribution in [0.1, 0.15) is 12.8 Å². The highest BCUT2D eigenvalue weighted by atomic mass is 35.5. The van der Waals surface area contributed by atoms with Crippen molar-refractivity contribution in [3.05, 3.63) is 0 Å². The van der Waals surface area contributed by atoms with E-state index in [1.807, 2.05) is 0 Å². The molecule has 0 aromatic carbocycles. The van der Waals surface area contributed by atoms with E-state index in [0.717, 1.165) is 19.4 Å². The van der Waals surface area contributed by atoms with Gasteiger partial charge in [-0.15, -0.1) is 0 Å². The van der Waals surface area contributed by atoms with E-state index in [0.29, 0.717) is 6.54 Å². The van der Waals surface area contributed by atoms with Gasteiger partial charge in [0.25, 0.3) is 0 Å². The van der Waals surface area contributed by atoms with Gasteiger partial charge in [0.1, 0.15) is 5.00 Å².